The van der Waals surface area contributed by atoms with E-state index in [1.807, 2.05) is 19.9 Å². The summed E-state index contributed by atoms with van der Waals surface area (Å²) >= 11 is 0. The molecule has 118 valence electrons. The minimum atomic E-state index is -0.899. The fraction of sp³-hybridized carbons (Fsp3) is 0.529. The summed E-state index contributed by atoms with van der Waals surface area (Å²) in [6, 6.07) is 8.38. The molecule has 0 aliphatic rings. The minimum Gasteiger partial charge on any atom is -0.417 e. The van der Waals surface area contributed by atoms with E-state index in [-0.39, 0.29) is 0 Å². The van der Waals surface area contributed by atoms with Crippen molar-refractivity contribution in [3.05, 3.63) is 42.0 Å². The van der Waals surface area contributed by atoms with E-state index >= 15 is 0 Å². The number of rotatable bonds is 11. The van der Waals surface area contributed by atoms with Crippen molar-refractivity contribution in [1.82, 2.24) is 0 Å². The second-order valence-corrected chi connectivity index (χ2v) is 6.66. The zero-order valence-corrected chi connectivity index (χ0v) is 15.0. The van der Waals surface area contributed by atoms with Gasteiger partial charge in [0.15, 0.2) is 5.41 Å². The lowest BCUT2D eigenvalue weighted by atomic mass is 10.1. The number of hydrogen-bond donors (Lipinski definition) is 0. The van der Waals surface area contributed by atoms with E-state index in [1.165, 1.54) is 5.56 Å². The molecule has 0 radical (unpaired) electrons. The third-order valence-electron chi connectivity index (χ3n) is 3.40. The first-order valence-corrected chi connectivity index (χ1v) is 9.05. The summed E-state index contributed by atoms with van der Waals surface area (Å²) in [7, 11) is -0.899. The highest BCUT2D eigenvalue weighted by molar-refractivity contribution is 6.31. The topological polar surface area (TPSA) is 27.7 Å². The molecule has 0 aromatic heterocycles. The van der Waals surface area contributed by atoms with E-state index in [2.05, 4.69) is 37.8 Å². The number of ether oxygens (including phenoxy) is 2. The van der Waals surface area contributed by atoms with Gasteiger partial charge in [0, 0.05) is 19.8 Å². The zero-order valence-electron chi connectivity index (χ0n) is 13.6. The third-order valence-corrected chi connectivity index (χ3v) is 5.24. The Balaban J connectivity index is 2.44. The van der Waals surface area contributed by atoms with Crippen molar-refractivity contribution >= 4 is 15.8 Å². The first-order valence-electron chi connectivity index (χ1n) is 7.76. The van der Waals surface area contributed by atoms with E-state index < -0.39 is 15.2 Å². The lowest BCUT2D eigenvalue weighted by Crippen LogP contribution is -2.43. The quantitative estimate of drug-likeness (QED) is 0.357. The Morgan fingerprint density at radius 1 is 1.19 bits per heavy atom. The van der Waals surface area contributed by atoms with Crippen LogP contribution < -0.4 is 0 Å². The van der Waals surface area contributed by atoms with Crippen LogP contribution in [-0.4, -0.2) is 35.0 Å². The van der Waals surface area contributed by atoms with Crippen LogP contribution >= 0.6 is 0 Å². The molecule has 1 aromatic carbocycles. The molecular formula is C17H28O3Si. The van der Waals surface area contributed by atoms with Crippen LogP contribution in [-0.2, 0) is 20.3 Å². The van der Waals surface area contributed by atoms with Crippen molar-refractivity contribution in [3.63, 3.8) is 0 Å². The van der Waals surface area contributed by atoms with E-state index in [1.54, 1.807) is 0 Å². The molecule has 1 aromatic rings. The summed E-state index contributed by atoms with van der Waals surface area (Å²) in [6.45, 7) is 11.9. The summed E-state index contributed by atoms with van der Waals surface area (Å²) in [5.41, 5.74) is 1.96. The van der Waals surface area contributed by atoms with Crippen molar-refractivity contribution in [3.8, 4) is 0 Å². The summed E-state index contributed by atoms with van der Waals surface area (Å²) in [5.74, 6) is 0. The highest BCUT2D eigenvalue weighted by atomic mass is 28.2. The van der Waals surface area contributed by atoms with Gasteiger partial charge < -0.3 is 13.9 Å². The van der Waals surface area contributed by atoms with Crippen LogP contribution in [0.4, 0.5) is 0 Å². The maximum atomic E-state index is 5.94. The molecule has 0 saturated heterocycles. The fourth-order valence-electron chi connectivity index (χ4n) is 2.25. The molecule has 1 rings (SSSR count). The summed E-state index contributed by atoms with van der Waals surface area (Å²) in [6.07, 6.45) is 3.62. The number of hydrogen-bond acceptors (Lipinski definition) is 3. The van der Waals surface area contributed by atoms with Crippen LogP contribution in [0, 0.1) is 0 Å². The minimum absolute atomic E-state index is 0.466. The zero-order chi connectivity index (χ0) is 15.6. The van der Waals surface area contributed by atoms with Crippen LogP contribution in [0.5, 0.6) is 0 Å². The Bertz CT molecular complexity index is 414. The van der Waals surface area contributed by atoms with Crippen molar-refractivity contribution in [2.45, 2.75) is 39.0 Å². The molecule has 0 aliphatic carbocycles. The van der Waals surface area contributed by atoms with Crippen LogP contribution in [0.3, 0.4) is 0 Å². The normalized spacial score (nSPS) is 12.1. The smallest absolute Gasteiger partial charge is 0.227 e. The van der Waals surface area contributed by atoms with Gasteiger partial charge in [0.25, 0.3) is 0 Å². The molecule has 0 heterocycles. The maximum absolute atomic E-state index is 5.94. The first-order chi connectivity index (χ1) is 10.2. The predicted molar refractivity (Wildman–Crippen MR) is 91.0 cm³/mol. The second kappa shape index (κ2) is 9.90. The second-order valence-electron chi connectivity index (χ2n) is 4.88. The van der Waals surface area contributed by atoms with Crippen LogP contribution in [0.1, 0.15) is 38.3 Å². The van der Waals surface area contributed by atoms with Crippen molar-refractivity contribution in [2.24, 2.45) is 0 Å². The molecule has 3 nitrogen and oxygen atoms in total. The molecule has 0 saturated carbocycles. The number of benzene rings is 1. The Morgan fingerprint density at radius 2 is 1.90 bits per heavy atom. The fourth-order valence-corrected chi connectivity index (χ4v) is 3.63. The largest absolute Gasteiger partial charge is 0.417 e. The Morgan fingerprint density at radius 3 is 2.48 bits per heavy atom. The van der Waals surface area contributed by atoms with Crippen molar-refractivity contribution in [1.29, 1.82) is 0 Å². The van der Waals surface area contributed by atoms with E-state index in [4.69, 9.17) is 13.9 Å². The molecule has 0 amide bonds. The van der Waals surface area contributed by atoms with Crippen LogP contribution in [0.15, 0.2) is 30.8 Å². The standard InChI is InChI=1S/C17H28O3Si/c1-5-15-10-9-11-16(14-15)12-13-20-21-17(6-2,18-7-3)19-8-4/h5,9-11,14H,1,6-8,12-13,21H2,2-4H3. The maximum Gasteiger partial charge on any atom is 0.227 e. The van der Waals surface area contributed by atoms with Gasteiger partial charge in [-0.2, -0.15) is 0 Å². The van der Waals surface area contributed by atoms with Gasteiger partial charge in [-0.25, -0.2) is 0 Å². The SMILES string of the molecule is C=Cc1cccc(CCO[SiH2]C(CC)(OCC)OCC)c1. The lowest BCUT2D eigenvalue weighted by Gasteiger charge is -2.31. The van der Waals surface area contributed by atoms with Gasteiger partial charge in [-0.15, -0.1) is 0 Å². The van der Waals surface area contributed by atoms with E-state index in [0.717, 1.165) is 18.4 Å². The van der Waals surface area contributed by atoms with Crippen molar-refractivity contribution < 1.29 is 13.9 Å². The molecule has 0 fully saturated rings. The molecule has 21 heavy (non-hydrogen) atoms. The van der Waals surface area contributed by atoms with Crippen LogP contribution in [0.2, 0.25) is 0 Å². The average Bonchev–Trinajstić information content (AvgIpc) is 2.52. The van der Waals surface area contributed by atoms with Gasteiger partial charge in [0.05, 0.1) is 0 Å². The first kappa shape index (κ1) is 18.1. The Labute approximate surface area is 131 Å². The monoisotopic (exact) mass is 308 g/mol. The van der Waals surface area contributed by atoms with Gasteiger partial charge in [0.2, 0.25) is 9.76 Å². The van der Waals surface area contributed by atoms with Gasteiger partial charge >= 0.3 is 0 Å². The third kappa shape index (κ3) is 6.14. The summed E-state index contributed by atoms with van der Waals surface area (Å²) in [4.78, 5) is 0. The molecule has 0 spiro atoms. The Kier molecular flexibility index (Phi) is 8.53. The van der Waals surface area contributed by atoms with Crippen molar-refractivity contribution in [2.75, 3.05) is 19.8 Å². The van der Waals surface area contributed by atoms with E-state index in [0.29, 0.717) is 19.8 Å². The van der Waals surface area contributed by atoms with Gasteiger partial charge in [-0.1, -0.05) is 43.8 Å². The molecule has 0 atom stereocenters. The average molecular weight is 308 g/mol. The van der Waals surface area contributed by atoms with Gasteiger partial charge in [0.1, 0.15) is 0 Å². The summed E-state index contributed by atoms with van der Waals surface area (Å²) < 4.78 is 17.6. The highest BCUT2D eigenvalue weighted by Gasteiger charge is 2.30. The highest BCUT2D eigenvalue weighted by Crippen LogP contribution is 2.17. The van der Waals surface area contributed by atoms with Crippen LogP contribution in [0.25, 0.3) is 6.08 Å². The molecular weight excluding hydrogens is 280 g/mol. The van der Waals surface area contributed by atoms with Gasteiger partial charge in [-0.05, 0) is 37.8 Å². The molecule has 4 heteroatoms. The predicted octanol–water partition coefficient (Wildman–Crippen LogP) is 3.11. The lowest BCUT2D eigenvalue weighted by molar-refractivity contribution is -0.183. The van der Waals surface area contributed by atoms with E-state index in [9.17, 15) is 0 Å². The molecule has 0 N–H and O–H groups in total. The molecule has 0 bridgehead atoms. The van der Waals surface area contributed by atoms with Gasteiger partial charge in [-0.3, -0.25) is 0 Å². The molecule has 0 aliphatic heterocycles. The molecule has 0 unspecified atom stereocenters. The summed E-state index contributed by atoms with van der Waals surface area (Å²) in [5, 5.41) is 0. The Hall–Kier alpha value is -0.943.